The van der Waals surface area contributed by atoms with Gasteiger partial charge in [-0.2, -0.15) is 0 Å². The van der Waals surface area contributed by atoms with Gasteiger partial charge in [0.05, 0.1) is 6.54 Å². The molecule has 12 heavy (non-hydrogen) atoms. The number of ether oxygens (including phenoxy) is 1. The molecule has 1 rings (SSSR count). The lowest BCUT2D eigenvalue weighted by molar-refractivity contribution is 0.196. The number of amidine groups is 1. The Bertz CT molecular complexity index is 161. The van der Waals surface area contributed by atoms with Crippen molar-refractivity contribution in [2.75, 3.05) is 26.8 Å². The van der Waals surface area contributed by atoms with Gasteiger partial charge in [0.2, 0.25) is 0 Å². The van der Waals surface area contributed by atoms with Crippen molar-refractivity contribution in [2.24, 2.45) is 4.99 Å². The second kappa shape index (κ2) is 5.43. The fraction of sp³-hybridized carbons (Fsp3) is 0.875. The van der Waals surface area contributed by atoms with E-state index in [-0.39, 0.29) is 0 Å². The number of thioether (sulfide) groups is 1. The van der Waals surface area contributed by atoms with Crippen molar-refractivity contribution in [1.29, 1.82) is 0 Å². The highest BCUT2D eigenvalue weighted by molar-refractivity contribution is 8.14. The topological polar surface area (TPSA) is 33.6 Å². The van der Waals surface area contributed by atoms with Gasteiger partial charge in [-0.1, -0.05) is 18.7 Å². The molecule has 1 unspecified atom stereocenters. The molecule has 3 nitrogen and oxygen atoms in total. The molecule has 0 radical (unpaired) electrons. The van der Waals surface area contributed by atoms with Gasteiger partial charge in [0, 0.05) is 25.5 Å². The lowest BCUT2D eigenvalue weighted by Gasteiger charge is -2.04. The van der Waals surface area contributed by atoms with E-state index in [1.54, 1.807) is 7.11 Å². The van der Waals surface area contributed by atoms with Crippen LogP contribution in [0.4, 0.5) is 0 Å². The Morgan fingerprint density at radius 1 is 1.75 bits per heavy atom. The highest BCUT2D eigenvalue weighted by Crippen LogP contribution is 2.18. The van der Waals surface area contributed by atoms with Crippen molar-refractivity contribution in [3.05, 3.63) is 0 Å². The summed E-state index contributed by atoms with van der Waals surface area (Å²) >= 11 is 1.82. The molecule has 1 aliphatic heterocycles. The predicted octanol–water partition coefficient (Wildman–Crippen LogP) is 1.10. The van der Waals surface area contributed by atoms with E-state index in [4.69, 9.17) is 4.74 Å². The van der Waals surface area contributed by atoms with Crippen LogP contribution in [0.15, 0.2) is 4.99 Å². The summed E-state index contributed by atoms with van der Waals surface area (Å²) in [6.07, 6.45) is 1.05. The Labute approximate surface area is 78.0 Å². The monoisotopic (exact) mass is 188 g/mol. The summed E-state index contributed by atoms with van der Waals surface area (Å²) in [6.45, 7) is 4.93. The standard InChI is InChI=1S/C8H16N2OS/c1-7-6-10-8(12-7)9-4-3-5-11-2/h7H,3-6H2,1-2H3,(H,9,10). The number of rotatable bonds is 4. The first-order valence-corrected chi connectivity index (χ1v) is 5.15. The number of nitrogens with one attached hydrogen (secondary N) is 1. The molecule has 0 saturated carbocycles. The first-order valence-electron chi connectivity index (χ1n) is 4.27. The molecule has 1 atom stereocenters. The third-order valence-corrected chi connectivity index (χ3v) is 2.65. The normalized spacial score (nSPS) is 22.5. The van der Waals surface area contributed by atoms with Crippen LogP contribution < -0.4 is 5.32 Å². The SMILES string of the molecule is COCCCNC1=NCC(C)S1. The molecule has 1 N–H and O–H groups in total. The van der Waals surface area contributed by atoms with Gasteiger partial charge >= 0.3 is 0 Å². The zero-order chi connectivity index (χ0) is 8.81. The first-order chi connectivity index (χ1) is 5.83. The fourth-order valence-corrected chi connectivity index (χ4v) is 1.85. The van der Waals surface area contributed by atoms with Gasteiger partial charge < -0.3 is 10.1 Å². The molecule has 1 heterocycles. The van der Waals surface area contributed by atoms with Crippen molar-refractivity contribution < 1.29 is 4.74 Å². The summed E-state index contributed by atoms with van der Waals surface area (Å²) in [6, 6.07) is 0. The van der Waals surface area contributed by atoms with Crippen LogP contribution >= 0.6 is 11.8 Å². The molecule has 0 bridgehead atoms. The minimum Gasteiger partial charge on any atom is -0.385 e. The van der Waals surface area contributed by atoms with Crippen molar-refractivity contribution in [2.45, 2.75) is 18.6 Å². The molecule has 0 fully saturated rings. The zero-order valence-corrected chi connectivity index (χ0v) is 8.49. The Balaban J connectivity index is 2.00. The summed E-state index contributed by atoms with van der Waals surface area (Å²) in [4.78, 5) is 4.34. The van der Waals surface area contributed by atoms with Crippen molar-refractivity contribution in [1.82, 2.24) is 5.32 Å². The molecular weight excluding hydrogens is 172 g/mol. The predicted molar refractivity (Wildman–Crippen MR) is 53.9 cm³/mol. The van der Waals surface area contributed by atoms with Crippen LogP contribution in [0.25, 0.3) is 0 Å². The molecule has 0 spiro atoms. The average Bonchev–Trinajstić information content (AvgIpc) is 2.45. The van der Waals surface area contributed by atoms with Crippen LogP contribution in [0.5, 0.6) is 0 Å². The molecule has 0 aromatic rings. The molecule has 0 aromatic heterocycles. The quantitative estimate of drug-likeness (QED) is 0.671. The minimum atomic E-state index is 0.648. The summed E-state index contributed by atoms with van der Waals surface area (Å²) < 4.78 is 4.94. The Morgan fingerprint density at radius 3 is 3.17 bits per heavy atom. The highest BCUT2D eigenvalue weighted by Gasteiger charge is 2.13. The fourth-order valence-electron chi connectivity index (χ4n) is 0.986. The van der Waals surface area contributed by atoms with Crippen LogP contribution in [0.2, 0.25) is 0 Å². The Hall–Kier alpha value is -0.220. The highest BCUT2D eigenvalue weighted by atomic mass is 32.2. The third-order valence-electron chi connectivity index (χ3n) is 1.61. The second-order valence-corrected chi connectivity index (χ2v) is 4.27. The van der Waals surface area contributed by atoms with E-state index in [0.29, 0.717) is 5.25 Å². The molecule has 1 aliphatic rings. The molecule has 4 heteroatoms. The van der Waals surface area contributed by atoms with Crippen LogP contribution in [-0.4, -0.2) is 37.2 Å². The van der Waals surface area contributed by atoms with E-state index in [1.807, 2.05) is 11.8 Å². The molecule has 0 saturated heterocycles. The smallest absolute Gasteiger partial charge is 0.156 e. The first kappa shape index (κ1) is 9.86. The number of methoxy groups -OCH3 is 1. The van der Waals surface area contributed by atoms with Crippen molar-refractivity contribution >= 4 is 16.9 Å². The van der Waals surface area contributed by atoms with Gasteiger partial charge in [-0.3, -0.25) is 4.99 Å². The van der Waals surface area contributed by atoms with Crippen molar-refractivity contribution in [3.8, 4) is 0 Å². The maximum absolute atomic E-state index is 4.94. The van der Waals surface area contributed by atoms with E-state index in [9.17, 15) is 0 Å². The van der Waals surface area contributed by atoms with Gasteiger partial charge in [0.25, 0.3) is 0 Å². The summed E-state index contributed by atoms with van der Waals surface area (Å²) in [5.41, 5.74) is 0. The maximum atomic E-state index is 4.94. The lowest BCUT2D eigenvalue weighted by Crippen LogP contribution is -2.21. The van der Waals surface area contributed by atoms with Crippen LogP contribution in [0.1, 0.15) is 13.3 Å². The van der Waals surface area contributed by atoms with Crippen molar-refractivity contribution in [3.63, 3.8) is 0 Å². The average molecular weight is 188 g/mol. The zero-order valence-electron chi connectivity index (χ0n) is 7.67. The molecule has 70 valence electrons. The molecule has 0 aliphatic carbocycles. The van der Waals surface area contributed by atoms with Crippen LogP contribution in [0, 0.1) is 0 Å². The van der Waals surface area contributed by atoms with Crippen LogP contribution in [-0.2, 0) is 4.74 Å². The van der Waals surface area contributed by atoms with Gasteiger partial charge in [-0.15, -0.1) is 0 Å². The maximum Gasteiger partial charge on any atom is 0.156 e. The van der Waals surface area contributed by atoms with E-state index in [1.165, 1.54) is 0 Å². The van der Waals surface area contributed by atoms with E-state index < -0.39 is 0 Å². The number of aliphatic imine (C=N–C) groups is 1. The number of hydrogen-bond acceptors (Lipinski definition) is 4. The van der Waals surface area contributed by atoms with Crippen LogP contribution in [0.3, 0.4) is 0 Å². The van der Waals surface area contributed by atoms with Gasteiger partial charge in [0.1, 0.15) is 0 Å². The van der Waals surface area contributed by atoms with E-state index in [0.717, 1.165) is 31.3 Å². The Morgan fingerprint density at radius 2 is 2.58 bits per heavy atom. The minimum absolute atomic E-state index is 0.648. The second-order valence-electron chi connectivity index (χ2n) is 2.85. The van der Waals surface area contributed by atoms with Gasteiger partial charge in [0.15, 0.2) is 5.17 Å². The van der Waals surface area contributed by atoms with Gasteiger partial charge in [-0.25, -0.2) is 0 Å². The number of hydrogen-bond donors (Lipinski definition) is 1. The third kappa shape index (κ3) is 3.45. The molecule has 0 amide bonds. The van der Waals surface area contributed by atoms with Gasteiger partial charge in [-0.05, 0) is 6.42 Å². The summed E-state index contributed by atoms with van der Waals surface area (Å²) in [5.74, 6) is 0. The Kier molecular flexibility index (Phi) is 4.46. The lowest BCUT2D eigenvalue weighted by atomic mass is 10.4. The summed E-state index contributed by atoms with van der Waals surface area (Å²) in [5, 5.41) is 5.02. The van der Waals surface area contributed by atoms with E-state index >= 15 is 0 Å². The number of nitrogens with zero attached hydrogens (tertiary/aromatic N) is 1. The molecular formula is C8H16N2OS. The van der Waals surface area contributed by atoms with E-state index in [2.05, 4.69) is 17.2 Å². The summed E-state index contributed by atoms with van der Waals surface area (Å²) in [7, 11) is 1.73. The largest absolute Gasteiger partial charge is 0.385 e. The molecule has 0 aromatic carbocycles.